The van der Waals surface area contributed by atoms with Gasteiger partial charge in [-0.15, -0.1) is 0 Å². The van der Waals surface area contributed by atoms with Crippen molar-refractivity contribution in [3.63, 3.8) is 0 Å². The Bertz CT molecular complexity index is 1040. The van der Waals surface area contributed by atoms with E-state index in [9.17, 15) is 4.79 Å². The Kier molecular flexibility index (Phi) is 5.47. The van der Waals surface area contributed by atoms with Gasteiger partial charge in [0.15, 0.2) is 0 Å². The molecule has 4 rings (SSSR count). The number of hydrogen-bond acceptors (Lipinski definition) is 5. The third kappa shape index (κ3) is 4.23. The summed E-state index contributed by atoms with van der Waals surface area (Å²) in [6.45, 7) is 1.77. The summed E-state index contributed by atoms with van der Waals surface area (Å²) in [5, 5.41) is 0.729. The number of anilines is 1. The summed E-state index contributed by atoms with van der Waals surface area (Å²) in [6.07, 6.45) is 3.78. The van der Waals surface area contributed by atoms with Crippen molar-refractivity contribution in [1.82, 2.24) is 14.9 Å². The second kappa shape index (κ2) is 8.19. The minimum Gasteiger partial charge on any atom is -0.368 e. The van der Waals surface area contributed by atoms with Gasteiger partial charge in [0.25, 0.3) is 0 Å². The summed E-state index contributed by atoms with van der Waals surface area (Å²) in [4.78, 5) is 22.8. The Morgan fingerprint density at radius 1 is 1.21 bits per heavy atom. The zero-order valence-electron chi connectivity index (χ0n) is 15.9. The number of nitrogens with zero attached hydrogens (tertiary/aromatic N) is 3. The molecule has 148 valence electrons. The number of primary amides is 1. The molecule has 1 aromatic heterocycles. The largest absolute Gasteiger partial charge is 0.368 e. The highest BCUT2D eigenvalue weighted by molar-refractivity contribution is 6.30. The maximum Gasteiger partial charge on any atom is 0.248 e. The highest BCUT2D eigenvalue weighted by atomic mass is 35.5. The Hall–Kier alpha value is -2.96. The number of nitrogen functional groups attached to an aromatic ring is 1. The van der Waals surface area contributed by atoms with Gasteiger partial charge in [0.05, 0.1) is 11.7 Å². The number of amides is 1. The van der Waals surface area contributed by atoms with Crippen molar-refractivity contribution in [3.8, 4) is 11.1 Å². The van der Waals surface area contributed by atoms with E-state index in [-0.39, 0.29) is 12.0 Å². The van der Waals surface area contributed by atoms with Gasteiger partial charge in [0.1, 0.15) is 0 Å². The maximum atomic E-state index is 11.6. The molecule has 1 saturated heterocycles. The van der Waals surface area contributed by atoms with Crippen LogP contribution in [0.15, 0.2) is 54.7 Å². The standard InChI is InChI=1S/C22H22ClN5O/c23-17-8-6-14(7-9-17)13-28-10-2-5-19(28)20-18(12-26-22(25)27-20)15-3-1-4-16(11-15)21(24)29/h1,3-4,6-9,11-12,19H,2,5,10,13H2,(H2,24,29)(H2,25,26,27). The van der Waals surface area contributed by atoms with Gasteiger partial charge in [0, 0.05) is 28.9 Å². The van der Waals surface area contributed by atoms with Crippen LogP contribution in [0.4, 0.5) is 5.95 Å². The van der Waals surface area contributed by atoms with Crippen molar-refractivity contribution in [1.29, 1.82) is 0 Å². The van der Waals surface area contributed by atoms with E-state index >= 15 is 0 Å². The number of halogens is 1. The summed E-state index contributed by atoms with van der Waals surface area (Å²) in [5.41, 5.74) is 15.6. The number of carbonyl (C=O) groups excluding carboxylic acids is 1. The second-order valence-electron chi connectivity index (χ2n) is 7.23. The third-order valence-corrected chi connectivity index (χ3v) is 5.53. The lowest BCUT2D eigenvalue weighted by Gasteiger charge is -2.26. The van der Waals surface area contributed by atoms with Crippen LogP contribution in [0.1, 0.15) is 40.5 Å². The molecule has 7 heteroatoms. The molecule has 0 saturated carbocycles. The monoisotopic (exact) mass is 407 g/mol. The molecule has 2 aromatic carbocycles. The second-order valence-corrected chi connectivity index (χ2v) is 7.66. The highest BCUT2D eigenvalue weighted by Crippen LogP contribution is 2.37. The minimum absolute atomic E-state index is 0.114. The first-order valence-electron chi connectivity index (χ1n) is 9.52. The van der Waals surface area contributed by atoms with Gasteiger partial charge in [-0.2, -0.15) is 0 Å². The van der Waals surface area contributed by atoms with Crippen molar-refractivity contribution in [2.24, 2.45) is 5.73 Å². The lowest BCUT2D eigenvalue weighted by atomic mass is 9.98. The summed E-state index contributed by atoms with van der Waals surface area (Å²) >= 11 is 6.02. The van der Waals surface area contributed by atoms with Crippen molar-refractivity contribution in [2.45, 2.75) is 25.4 Å². The van der Waals surface area contributed by atoms with Crippen LogP contribution in [-0.2, 0) is 6.54 Å². The quantitative estimate of drug-likeness (QED) is 0.670. The summed E-state index contributed by atoms with van der Waals surface area (Å²) in [6, 6.07) is 15.2. The number of benzene rings is 2. The lowest BCUT2D eigenvalue weighted by molar-refractivity contribution is 0.100. The maximum absolute atomic E-state index is 11.6. The average Bonchev–Trinajstić information content (AvgIpc) is 3.17. The predicted octanol–water partition coefficient (Wildman–Crippen LogP) is 3.82. The molecule has 0 bridgehead atoms. The third-order valence-electron chi connectivity index (χ3n) is 5.27. The summed E-state index contributed by atoms with van der Waals surface area (Å²) < 4.78 is 0. The fourth-order valence-corrected chi connectivity index (χ4v) is 4.00. The normalized spacial score (nSPS) is 16.8. The van der Waals surface area contributed by atoms with E-state index in [1.807, 2.05) is 36.4 Å². The lowest BCUT2D eigenvalue weighted by Crippen LogP contribution is -2.24. The van der Waals surface area contributed by atoms with Gasteiger partial charge < -0.3 is 11.5 Å². The molecule has 2 heterocycles. The topological polar surface area (TPSA) is 98.1 Å². The molecule has 1 fully saturated rings. The van der Waals surface area contributed by atoms with Crippen molar-refractivity contribution >= 4 is 23.5 Å². The van der Waals surface area contributed by atoms with Crippen LogP contribution in [0, 0.1) is 0 Å². The molecule has 0 radical (unpaired) electrons. The Morgan fingerprint density at radius 2 is 2.00 bits per heavy atom. The fraction of sp³-hybridized carbons (Fsp3) is 0.227. The Balaban J connectivity index is 1.70. The first-order valence-corrected chi connectivity index (χ1v) is 9.90. The smallest absolute Gasteiger partial charge is 0.248 e. The number of carbonyl (C=O) groups is 1. The van der Waals surface area contributed by atoms with Gasteiger partial charge in [-0.1, -0.05) is 35.9 Å². The van der Waals surface area contributed by atoms with E-state index in [0.29, 0.717) is 5.56 Å². The average molecular weight is 408 g/mol. The summed E-state index contributed by atoms with van der Waals surface area (Å²) in [5.74, 6) is -0.219. The molecule has 4 N–H and O–H groups in total. The van der Waals surface area contributed by atoms with Crippen LogP contribution in [0.25, 0.3) is 11.1 Å². The number of hydrogen-bond donors (Lipinski definition) is 2. The van der Waals surface area contributed by atoms with Gasteiger partial charge in [-0.05, 0) is 54.8 Å². The van der Waals surface area contributed by atoms with Crippen LogP contribution < -0.4 is 11.5 Å². The van der Waals surface area contributed by atoms with E-state index in [1.165, 1.54) is 5.56 Å². The molecule has 1 amide bonds. The Morgan fingerprint density at radius 3 is 2.76 bits per heavy atom. The molecule has 3 aromatic rings. The number of aromatic nitrogens is 2. The van der Waals surface area contributed by atoms with Crippen LogP contribution in [0.2, 0.25) is 5.02 Å². The molecule has 1 aliphatic rings. The molecule has 29 heavy (non-hydrogen) atoms. The van der Waals surface area contributed by atoms with E-state index in [0.717, 1.165) is 47.8 Å². The fourth-order valence-electron chi connectivity index (χ4n) is 3.88. The van der Waals surface area contributed by atoms with E-state index in [1.54, 1.807) is 18.3 Å². The van der Waals surface area contributed by atoms with Gasteiger partial charge in [0.2, 0.25) is 11.9 Å². The van der Waals surface area contributed by atoms with E-state index in [2.05, 4.69) is 14.9 Å². The minimum atomic E-state index is -0.463. The molecule has 1 atom stereocenters. The van der Waals surface area contributed by atoms with E-state index < -0.39 is 5.91 Å². The van der Waals surface area contributed by atoms with E-state index in [4.69, 9.17) is 23.1 Å². The molecule has 0 spiro atoms. The zero-order chi connectivity index (χ0) is 20.4. The molecule has 1 unspecified atom stereocenters. The van der Waals surface area contributed by atoms with Gasteiger partial charge in [-0.3, -0.25) is 9.69 Å². The first kappa shape index (κ1) is 19.4. The molecule has 6 nitrogen and oxygen atoms in total. The number of rotatable bonds is 5. The van der Waals surface area contributed by atoms with Gasteiger partial charge in [-0.25, -0.2) is 9.97 Å². The van der Waals surface area contributed by atoms with Crippen molar-refractivity contribution < 1.29 is 4.79 Å². The number of likely N-dealkylation sites (tertiary alicyclic amines) is 1. The predicted molar refractivity (Wildman–Crippen MR) is 114 cm³/mol. The first-order chi connectivity index (χ1) is 14.0. The van der Waals surface area contributed by atoms with Crippen LogP contribution in [0.3, 0.4) is 0 Å². The molecule has 1 aliphatic heterocycles. The zero-order valence-corrected chi connectivity index (χ0v) is 16.6. The van der Waals surface area contributed by atoms with Crippen molar-refractivity contribution in [3.05, 3.63) is 76.6 Å². The molecular formula is C22H22ClN5O. The Labute approximate surface area is 174 Å². The number of nitrogens with two attached hydrogens (primary N) is 2. The van der Waals surface area contributed by atoms with Crippen molar-refractivity contribution in [2.75, 3.05) is 12.3 Å². The summed E-state index contributed by atoms with van der Waals surface area (Å²) in [7, 11) is 0. The molecule has 0 aliphatic carbocycles. The molecular weight excluding hydrogens is 386 g/mol. The van der Waals surface area contributed by atoms with Crippen LogP contribution >= 0.6 is 11.6 Å². The van der Waals surface area contributed by atoms with Crippen LogP contribution in [-0.4, -0.2) is 27.3 Å². The SMILES string of the molecule is NC(=O)c1cccc(-c2cnc(N)nc2C2CCCN2Cc2ccc(Cl)cc2)c1. The van der Waals surface area contributed by atoms with Crippen LogP contribution in [0.5, 0.6) is 0 Å². The van der Waals surface area contributed by atoms with Gasteiger partial charge >= 0.3 is 0 Å². The highest BCUT2D eigenvalue weighted by Gasteiger charge is 2.30.